The van der Waals surface area contributed by atoms with E-state index in [0.29, 0.717) is 16.9 Å². The normalized spacial score (nSPS) is 12.5. The molecule has 176 valence electrons. The van der Waals surface area contributed by atoms with E-state index in [1.54, 1.807) is 72.8 Å². The van der Waals surface area contributed by atoms with Crippen LogP contribution in [0.4, 0.5) is 0 Å². The molecular weight excluding hydrogens is 452 g/mol. The van der Waals surface area contributed by atoms with Crippen LogP contribution in [0.1, 0.15) is 36.2 Å². The molecular formula is C26H26N2O5S. The number of nitrogens with one attached hydrogen (secondary N) is 2. The summed E-state index contributed by atoms with van der Waals surface area (Å²) in [7, 11) is -4.13. The summed E-state index contributed by atoms with van der Waals surface area (Å²) >= 11 is 0. The zero-order valence-electron chi connectivity index (χ0n) is 18.9. The summed E-state index contributed by atoms with van der Waals surface area (Å²) in [6.07, 6.45) is 2.31. The maximum absolute atomic E-state index is 13.0. The van der Waals surface area contributed by atoms with Gasteiger partial charge >= 0.3 is 0 Å². The fraction of sp³-hybridized carbons (Fsp3) is 0.154. The van der Waals surface area contributed by atoms with Crippen molar-refractivity contribution in [3.05, 3.63) is 102 Å². The second-order valence-corrected chi connectivity index (χ2v) is 9.21. The van der Waals surface area contributed by atoms with Gasteiger partial charge in [-0.1, -0.05) is 55.5 Å². The smallest absolute Gasteiger partial charge is 0.281 e. The Hall–Kier alpha value is -3.91. The number of benzene rings is 3. The van der Waals surface area contributed by atoms with E-state index in [-0.39, 0.29) is 16.7 Å². The molecule has 1 atom stereocenters. The molecule has 0 fully saturated rings. The lowest BCUT2D eigenvalue weighted by Gasteiger charge is -2.13. The van der Waals surface area contributed by atoms with Crippen molar-refractivity contribution >= 4 is 27.9 Å². The maximum Gasteiger partial charge on any atom is 0.281 e. The Morgan fingerprint density at radius 2 is 1.50 bits per heavy atom. The number of hydrogen-bond donors (Lipinski definition) is 2. The van der Waals surface area contributed by atoms with Crippen LogP contribution in [0, 0.1) is 0 Å². The first-order valence-electron chi connectivity index (χ1n) is 10.8. The Kier molecular flexibility index (Phi) is 8.21. The van der Waals surface area contributed by atoms with Gasteiger partial charge in [0.05, 0.1) is 11.0 Å². The van der Waals surface area contributed by atoms with Gasteiger partial charge in [0.1, 0.15) is 11.4 Å². The summed E-state index contributed by atoms with van der Waals surface area (Å²) in [5.74, 6) is -0.846. The fourth-order valence-electron chi connectivity index (χ4n) is 2.90. The molecule has 0 heterocycles. The molecule has 0 spiro atoms. The highest BCUT2D eigenvalue weighted by Gasteiger charge is 2.22. The Morgan fingerprint density at radius 1 is 0.912 bits per heavy atom. The molecule has 3 aromatic carbocycles. The third-order valence-electron chi connectivity index (χ3n) is 4.91. The molecule has 0 aliphatic heterocycles. The highest BCUT2D eigenvalue weighted by molar-refractivity contribution is 7.90. The van der Waals surface area contributed by atoms with Crippen LogP contribution < -0.4 is 14.8 Å². The molecule has 0 aliphatic rings. The highest BCUT2D eigenvalue weighted by Crippen LogP contribution is 2.17. The van der Waals surface area contributed by atoms with E-state index in [0.717, 1.165) is 6.42 Å². The van der Waals surface area contributed by atoms with Crippen LogP contribution >= 0.6 is 0 Å². The third-order valence-corrected chi connectivity index (χ3v) is 6.26. The fourth-order valence-corrected chi connectivity index (χ4v) is 3.89. The van der Waals surface area contributed by atoms with Crippen LogP contribution in [0.25, 0.3) is 6.08 Å². The number of amides is 2. The highest BCUT2D eigenvalue weighted by atomic mass is 32.2. The Bertz CT molecular complexity index is 1260. The minimum Gasteiger partial charge on any atom is -0.491 e. The molecule has 2 amide bonds. The second kappa shape index (κ2) is 11.3. The van der Waals surface area contributed by atoms with E-state index in [9.17, 15) is 18.0 Å². The maximum atomic E-state index is 13.0. The van der Waals surface area contributed by atoms with Crippen LogP contribution in [0.2, 0.25) is 0 Å². The van der Waals surface area contributed by atoms with E-state index in [1.165, 1.54) is 18.2 Å². The zero-order valence-corrected chi connectivity index (χ0v) is 19.7. The van der Waals surface area contributed by atoms with Gasteiger partial charge in [0.15, 0.2) is 0 Å². The molecule has 0 saturated heterocycles. The molecule has 0 saturated carbocycles. The van der Waals surface area contributed by atoms with Gasteiger partial charge in [0.25, 0.3) is 21.8 Å². The van der Waals surface area contributed by atoms with Crippen molar-refractivity contribution in [3.63, 3.8) is 0 Å². The predicted molar refractivity (Wildman–Crippen MR) is 130 cm³/mol. The molecule has 8 heteroatoms. The Balaban J connectivity index is 1.88. The van der Waals surface area contributed by atoms with Gasteiger partial charge in [-0.2, -0.15) is 0 Å². The zero-order chi connectivity index (χ0) is 24.6. The van der Waals surface area contributed by atoms with Crippen molar-refractivity contribution < 1.29 is 22.7 Å². The summed E-state index contributed by atoms with van der Waals surface area (Å²) in [5, 5.41) is 2.53. The van der Waals surface area contributed by atoms with E-state index in [2.05, 4.69) is 5.32 Å². The van der Waals surface area contributed by atoms with E-state index in [1.807, 2.05) is 18.6 Å². The average molecular weight is 479 g/mol. The van der Waals surface area contributed by atoms with Crippen molar-refractivity contribution in [1.29, 1.82) is 0 Å². The van der Waals surface area contributed by atoms with Gasteiger partial charge in [-0.25, -0.2) is 13.1 Å². The molecule has 0 radical (unpaired) electrons. The molecule has 3 aromatic rings. The van der Waals surface area contributed by atoms with Crippen molar-refractivity contribution in [3.8, 4) is 5.75 Å². The number of sulfonamides is 1. The van der Waals surface area contributed by atoms with Crippen LogP contribution in [-0.4, -0.2) is 26.3 Å². The first-order chi connectivity index (χ1) is 16.3. The largest absolute Gasteiger partial charge is 0.491 e. The molecule has 0 aromatic heterocycles. The number of hydrogen-bond acceptors (Lipinski definition) is 5. The third kappa shape index (κ3) is 6.79. The average Bonchev–Trinajstić information content (AvgIpc) is 2.85. The Morgan fingerprint density at radius 3 is 2.09 bits per heavy atom. The topological polar surface area (TPSA) is 102 Å². The quantitative estimate of drug-likeness (QED) is 0.450. The summed E-state index contributed by atoms with van der Waals surface area (Å²) in [4.78, 5) is 25.6. The lowest BCUT2D eigenvalue weighted by molar-refractivity contribution is -0.116. The predicted octanol–water partition coefficient (Wildman–Crippen LogP) is 4.14. The lowest BCUT2D eigenvalue weighted by Crippen LogP contribution is -2.38. The first-order valence-corrected chi connectivity index (χ1v) is 12.2. The van der Waals surface area contributed by atoms with Crippen molar-refractivity contribution in [2.24, 2.45) is 0 Å². The molecule has 2 N–H and O–H groups in total. The van der Waals surface area contributed by atoms with Crippen molar-refractivity contribution in [2.75, 3.05) is 0 Å². The molecule has 1 unspecified atom stereocenters. The summed E-state index contributed by atoms with van der Waals surface area (Å²) in [6.45, 7) is 3.98. The van der Waals surface area contributed by atoms with E-state index in [4.69, 9.17) is 4.74 Å². The summed E-state index contributed by atoms with van der Waals surface area (Å²) in [5.41, 5.74) is 0.681. The SMILES string of the molecule is CCC(C)Oc1ccc(/C=C(\NC(=O)c2ccccc2)C(=O)NS(=O)(=O)c2ccccc2)cc1. The monoisotopic (exact) mass is 478 g/mol. The van der Waals surface area contributed by atoms with E-state index >= 15 is 0 Å². The van der Waals surface area contributed by atoms with Gasteiger partial charge in [0.2, 0.25) is 0 Å². The van der Waals surface area contributed by atoms with Gasteiger partial charge in [-0.15, -0.1) is 0 Å². The number of ether oxygens (including phenoxy) is 1. The standard InChI is InChI=1S/C26H26N2O5S/c1-3-19(2)33-22-16-14-20(15-17-22)18-24(27-25(29)21-10-6-4-7-11-21)26(30)28-34(31,32)23-12-8-5-9-13-23/h4-19H,3H2,1-2H3,(H,27,29)(H,28,30)/b24-18-. The van der Waals surface area contributed by atoms with Crippen molar-refractivity contribution in [1.82, 2.24) is 10.0 Å². The minimum atomic E-state index is -4.13. The van der Waals surface area contributed by atoms with Gasteiger partial charge in [-0.05, 0) is 61.4 Å². The van der Waals surface area contributed by atoms with Crippen LogP contribution in [0.3, 0.4) is 0 Å². The lowest BCUT2D eigenvalue weighted by atomic mass is 10.1. The summed E-state index contributed by atoms with van der Waals surface area (Å²) < 4.78 is 33.1. The molecule has 0 bridgehead atoms. The van der Waals surface area contributed by atoms with Crippen molar-refractivity contribution in [2.45, 2.75) is 31.3 Å². The molecule has 3 rings (SSSR count). The van der Waals surface area contributed by atoms with Crippen LogP contribution in [0.5, 0.6) is 5.75 Å². The Labute approximate surface area is 199 Å². The number of carbonyl (C=O) groups is 2. The molecule has 0 aliphatic carbocycles. The molecule has 7 nitrogen and oxygen atoms in total. The van der Waals surface area contributed by atoms with Gasteiger partial charge in [-0.3, -0.25) is 9.59 Å². The minimum absolute atomic E-state index is 0.0519. The van der Waals surface area contributed by atoms with Crippen LogP contribution in [-0.2, 0) is 14.8 Å². The number of rotatable bonds is 9. The van der Waals surface area contributed by atoms with Gasteiger partial charge in [0, 0.05) is 5.56 Å². The van der Waals surface area contributed by atoms with Crippen LogP contribution in [0.15, 0.2) is 95.5 Å². The van der Waals surface area contributed by atoms with E-state index < -0.39 is 21.8 Å². The summed E-state index contributed by atoms with van der Waals surface area (Å²) in [6, 6.07) is 22.7. The first kappa shape index (κ1) is 24.7. The van der Waals surface area contributed by atoms with Gasteiger partial charge < -0.3 is 10.1 Å². The molecule has 34 heavy (non-hydrogen) atoms. The second-order valence-electron chi connectivity index (χ2n) is 7.53. The number of carbonyl (C=O) groups excluding carboxylic acids is 2.